The van der Waals surface area contributed by atoms with Crippen molar-refractivity contribution >= 4 is 11.6 Å². The van der Waals surface area contributed by atoms with Gasteiger partial charge in [-0.3, -0.25) is 9.48 Å². The maximum absolute atomic E-state index is 12.2. The van der Waals surface area contributed by atoms with Crippen molar-refractivity contribution in [3.8, 4) is 0 Å². The molecule has 0 bridgehead atoms. The Labute approximate surface area is 108 Å². The molecule has 1 aliphatic carbocycles. The Morgan fingerprint density at radius 1 is 1.33 bits per heavy atom. The minimum Gasteiger partial charge on any atom is -0.328 e. The van der Waals surface area contributed by atoms with Crippen LogP contribution in [0.3, 0.4) is 0 Å². The van der Waals surface area contributed by atoms with E-state index in [1.807, 2.05) is 20.9 Å². The molecule has 0 radical (unpaired) electrons. The number of nitrogens with zero attached hydrogens (tertiary/aromatic N) is 2. The molecule has 1 aliphatic rings. The standard InChI is InChI=1S/C13H22N4O/c1-8-12(9(2)17(3)16-8)15-13(18)10-4-6-11(14)7-5-10/h10-11H,4-7,14H2,1-3H3,(H,15,18). The molecule has 0 saturated heterocycles. The first kappa shape index (κ1) is 13.1. The summed E-state index contributed by atoms with van der Waals surface area (Å²) in [5.41, 5.74) is 8.58. The Balaban J connectivity index is 2.03. The van der Waals surface area contributed by atoms with Gasteiger partial charge < -0.3 is 11.1 Å². The number of aromatic nitrogens is 2. The molecule has 0 unspecified atom stereocenters. The average Bonchev–Trinajstić information content (AvgIpc) is 2.57. The van der Waals surface area contributed by atoms with Crippen LogP contribution in [0.2, 0.25) is 0 Å². The van der Waals surface area contributed by atoms with Crippen LogP contribution < -0.4 is 11.1 Å². The minimum atomic E-state index is 0.101. The summed E-state index contributed by atoms with van der Waals surface area (Å²) in [5.74, 6) is 0.213. The van der Waals surface area contributed by atoms with Gasteiger partial charge in [0.05, 0.1) is 17.1 Å². The fourth-order valence-electron chi connectivity index (χ4n) is 2.56. The molecule has 1 saturated carbocycles. The summed E-state index contributed by atoms with van der Waals surface area (Å²) >= 11 is 0. The fraction of sp³-hybridized carbons (Fsp3) is 0.692. The van der Waals surface area contributed by atoms with Crippen LogP contribution in [0.5, 0.6) is 0 Å². The van der Waals surface area contributed by atoms with E-state index in [0.717, 1.165) is 42.8 Å². The molecule has 1 aromatic rings. The molecular weight excluding hydrogens is 228 g/mol. The molecule has 2 rings (SSSR count). The average molecular weight is 250 g/mol. The topological polar surface area (TPSA) is 72.9 Å². The molecule has 0 spiro atoms. The molecule has 100 valence electrons. The summed E-state index contributed by atoms with van der Waals surface area (Å²) in [5, 5.41) is 7.32. The van der Waals surface area contributed by atoms with Crippen molar-refractivity contribution in [2.75, 3.05) is 5.32 Å². The van der Waals surface area contributed by atoms with E-state index < -0.39 is 0 Å². The number of anilines is 1. The predicted molar refractivity (Wildman–Crippen MR) is 71.2 cm³/mol. The Kier molecular flexibility index (Phi) is 3.71. The van der Waals surface area contributed by atoms with Crippen molar-refractivity contribution in [3.63, 3.8) is 0 Å². The highest BCUT2D eigenvalue weighted by molar-refractivity contribution is 5.93. The highest BCUT2D eigenvalue weighted by Crippen LogP contribution is 2.26. The molecule has 1 heterocycles. The SMILES string of the molecule is Cc1nn(C)c(C)c1NC(=O)C1CCC(N)CC1. The van der Waals surface area contributed by atoms with E-state index in [2.05, 4.69) is 10.4 Å². The molecule has 0 aliphatic heterocycles. The van der Waals surface area contributed by atoms with Crippen LogP contribution in [0.1, 0.15) is 37.1 Å². The van der Waals surface area contributed by atoms with E-state index in [9.17, 15) is 4.79 Å². The van der Waals surface area contributed by atoms with Gasteiger partial charge >= 0.3 is 0 Å². The number of amides is 1. The van der Waals surface area contributed by atoms with Gasteiger partial charge in [0.25, 0.3) is 0 Å². The number of carbonyl (C=O) groups excluding carboxylic acids is 1. The Bertz CT molecular complexity index is 444. The zero-order valence-electron chi connectivity index (χ0n) is 11.4. The van der Waals surface area contributed by atoms with Crippen molar-refractivity contribution in [1.82, 2.24) is 9.78 Å². The van der Waals surface area contributed by atoms with Gasteiger partial charge in [-0.05, 0) is 39.5 Å². The summed E-state index contributed by atoms with van der Waals surface area (Å²) in [6, 6.07) is 0.274. The van der Waals surface area contributed by atoms with E-state index >= 15 is 0 Å². The molecule has 1 aromatic heterocycles. The summed E-state index contributed by atoms with van der Waals surface area (Å²) in [4.78, 5) is 12.2. The number of hydrogen-bond donors (Lipinski definition) is 2. The van der Waals surface area contributed by atoms with Crippen LogP contribution in [0.25, 0.3) is 0 Å². The number of nitrogens with one attached hydrogen (secondary N) is 1. The van der Waals surface area contributed by atoms with Crippen LogP contribution in [0, 0.1) is 19.8 Å². The third-order valence-electron chi connectivity index (χ3n) is 3.90. The minimum absolute atomic E-state index is 0.101. The first-order valence-corrected chi connectivity index (χ1v) is 6.55. The van der Waals surface area contributed by atoms with Crippen LogP contribution in [0.15, 0.2) is 0 Å². The lowest BCUT2D eigenvalue weighted by atomic mass is 9.86. The predicted octanol–water partition coefficient (Wildman–Crippen LogP) is 1.49. The second kappa shape index (κ2) is 5.10. The van der Waals surface area contributed by atoms with Crippen molar-refractivity contribution in [2.24, 2.45) is 18.7 Å². The third-order valence-corrected chi connectivity index (χ3v) is 3.90. The van der Waals surface area contributed by atoms with Crippen LogP contribution in [-0.2, 0) is 11.8 Å². The van der Waals surface area contributed by atoms with E-state index in [1.165, 1.54) is 0 Å². The highest BCUT2D eigenvalue weighted by Gasteiger charge is 2.25. The molecule has 1 amide bonds. The lowest BCUT2D eigenvalue weighted by Gasteiger charge is -2.25. The molecule has 0 atom stereocenters. The molecule has 0 aromatic carbocycles. The summed E-state index contributed by atoms with van der Waals surface area (Å²) in [6.45, 7) is 3.88. The Morgan fingerprint density at radius 2 is 1.94 bits per heavy atom. The molecule has 5 heteroatoms. The largest absolute Gasteiger partial charge is 0.328 e. The quantitative estimate of drug-likeness (QED) is 0.835. The van der Waals surface area contributed by atoms with Gasteiger partial charge in [0.1, 0.15) is 0 Å². The third kappa shape index (κ3) is 2.56. The monoisotopic (exact) mass is 250 g/mol. The van der Waals surface area contributed by atoms with Gasteiger partial charge in [-0.1, -0.05) is 0 Å². The number of nitrogens with two attached hydrogens (primary N) is 1. The molecule has 18 heavy (non-hydrogen) atoms. The Hall–Kier alpha value is -1.36. The van der Waals surface area contributed by atoms with Gasteiger partial charge in [-0.2, -0.15) is 5.10 Å². The van der Waals surface area contributed by atoms with Crippen molar-refractivity contribution in [1.29, 1.82) is 0 Å². The normalized spacial score (nSPS) is 24.0. The first-order valence-electron chi connectivity index (χ1n) is 6.55. The van der Waals surface area contributed by atoms with Crippen LogP contribution >= 0.6 is 0 Å². The molecule has 5 nitrogen and oxygen atoms in total. The van der Waals surface area contributed by atoms with Gasteiger partial charge in [0.2, 0.25) is 5.91 Å². The first-order chi connectivity index (χ1) is 8.49. The molecule has 3 N–H and O–H groups in total. The molecular formula is C13H22N4O. The van der Waals surface area contributed by atoms with E-state index in [4.69, 9.17) is 5.73 Å². The number of hydrogen-bond acceptors (Lipinski definition) is 3. The van der Waals surface area contributed by atoms with Gasteiger partial charge in [0.15, 0.2) is 0 Å². The second-order valence-electron chi connectivity index (χ2n) is 5.27. The van der Waals surface area contributed by atoms with Crippen molar-refractivity contribution < 1.29 is 4.79 Å². The number of carbonyl (C=O) groups is 1. The zero-order valence-corrected chi connectivity index (χ0v) is 11.4. The second-order valence-corrected chi connectivity index (χ2v) is 5.27. The summed E-state index contributed by atoms with van der Waals surface area (Å²) < 4.78 is 1.79. The van der Waals surface area contributed by atoms with Crippen LogP contribution in [0.4, 0.5) is 5.69 Å². The van der Waals surface area contributed by atoms with E-state index in [0.29, 0.717) is 0 Å². The van der Waals surface area contributed by atoms with Crippen LogP contribution in [-0.4, -0.2) is 21.7 Å². The smallest absolute Gasteiger partial charge is 0.227 e. The van der Waals surface area contributed by atoms with Gasteiger partial charge in [0, 0.05) is 19.0 Å². The van der Waals surface area contributed by atoms with Crippen molar-refractivity contribution in [2.45, 2.75) is 45.6 Å². The number of rotatable bonds is 2. The molecule has 1 fully saturated rings. The van der Waals surface area contributed by atoms with E-state index in [-0.39, 0.29) is 17.9 Å². The Morgan fingerprint density at radius 3 is 2.44 bits per heavy atom. The fourth-order valence-corrected chi connectivity index (χ4v) is 2.56. The maximum Gasteiger partial charge on any atom is 0.227 e. The highest BCUT2D eigenvalue weighted by atomic mass is 16.1. The van der Waals surface area contributed by atoms with Crippen molar-refractivity contribution in [3.05, 3.63) is 11.4 Å². The maximum atomic E-state index is 12.2. The van der Waals surface area contributed by atoms with Gasteiger partial charge in [-0.15, -0.1) is 0 Å². The lowest BCUT2D eigenvalue weighted by molar-refractivity contribution is -0.120. The summed E-state index contributed by atoms with van der Waals surface area (Å²) in [7, 11) is 1.89. The van der Waals surface area contributed by atoms with E-state index in [1.54, 1.807) is 4.68 Å². The number of aryl methyl sites for hydroxylation is 2. The van der Waals surface area contributed by atoms with Gasteiger partial charge in [-0.25, -0.2) is 0 Å². The summed E-state index contributed by atoms with van der Waals surface area (Å²) in [6.07, 6.45) is 3.68. The lowest BCUT2D eigenvalue weighted by Crippen LogP contribution is -2.32. The zero-order chi connectivity index (χ0) is 13.3.